The van der Waals surface area contributed by atoms with Gasteiger partial charge in [0.05, 0.1) is 0 Å². The van der Waals surface area contributed by atoms with Crippen LogP contribution >= 0.6 is 0 Å². The quantitative estimate of drug-likeness (QED) is 0.861. The van der Waals surface area contributed by atoms with Crippen LogP contribution in [0.5, 0.6) is 0 Å². The third kappa shape index (κ3) is 2.71. The lowest BCUT2D eigenvalue weighted by atomic mass is 10.4. The van der Waals surface area contributed by atoms with Crippen molar-refractivity contribution in [3.05, 3.63) is 18.2 Å². The van der Waals surface area contributed by atoms with Crippen LogP contribution in [0.3, 0.4) is 0 Å². The maximum atomic E-state index is 4.56. The molecular weight excluding hydrogens is 254 g/mol. The second-order valence-corrected chi connectivity index (χ2v) is 4.25. The molecule has 0 aliphatic heterocycles. The van der Waals surface area contributed by atoms with Crippen molar-refractivity contribution in [3.8, 4) is 5.95 Å². The van der Waals surface area contributed by atoms with Gasteiger partial charge in [-0.15, -0.1) is 0 Å². The van der Waals surface area contributed by atoms with E-state index in [1.165, 1.54) is 0 Å². The van der Waals surface area contributed by atoms with Crippen molar-refractivity contribution in [1.82, 2.24) is 24.5 Å². The SMILES string of the molecule is CCc1nccn1-c1nc(NC)nc(N(CC)CC)n1. The van der Waals surface area contributed by atoms with E-state index in [0.29, 0.717) is 17.8 Å². The van der Waals surface area contributed by atoms with Crippen LogP contribution in [0.25, 0.3) is 5.95 Å². The molecule has 0 radical (unpaired) electrons. The normalized spacial score (nSPS) is 10.6. The summed E-state index contributed by atoms with van der Waals surface area (Å²) in [4.78, 5) is 19.8. The van der Waals surface area contributed by atoms with Crippen LogP contribution in [0.2, 0.25) is 0 Å². The van der Waals surface area contributed by atoms with Crippen LogP contribution < -0.4 is 10.2 Å². The van der Waals surface area contributed by atoms with Crippen LogP contribution in [0, 0.1) is 0 Å². The molecule has 2 aromatic rings. The maximum Gasteiger partial charge on any atom is 0.241 e. The van der Waals surface area contributed by atoms with Crippen molar-refractivity contribution in [3.63, 3.8) is 0 Å². The molecule has 0 fully saturated rings. The average Bonchev–Trinajstić information content (AvgIpc) is 2.96. The number of anilines is 2. The molecule has 0 saturated heterocycles. The zero-order valence-corrected chi connectivity index (χ0v) is 12.5. The van der Waals surface area contributed by atoms with E-state index >= 15 is 0 Å². The molecule has 108 valence electrons. The molecular formula is C13H21N7. The third-order valence-corrected chi connectivity index (χ3v) is 3.13. The number of aromatic nitrogens is 5. The fourth-order valence-corrected chi connectivity index (χ4v) is 2.00. The fraction of sp³-hybridized carbons (Fsp3) is 0.538. The lowest BCUT2D eigenvalue weighted by Crippen LogP contribution is -2.25. The third-order valence-electron chi connectivity index (χ3n) is 3.13. The van der Waals surface area contributed by atoms with Crippen LogP contribution in [0.1, 0.15) is 26.6 Å². The summed E-state index contributed by atoms with van der Waals surface area (Å²) in [5.74, 6) is 2.78. The lowest BCUT2D eigenvalue weighted by molar-refractivity contribution is 0.779. The molecule has 20 heavy (non-hydrogen) atoms. The summed E-state index contributed by atoms with van der Waals surface area (Å²) in [5, 5.41) is 2.99. The van der Waals surface area contributed by atoms with Crippen molar-refractivity contribution in [2.24, 2.45) is 0 Å². The van der Waals surface area contributed by atoms with Gasteiger partial charge in [-0.3, -0.25) is 4.57 Å². The molecule has 0 aliphatic rings. The van der Waals surface area contributed by atoms with E-state index in [9.17, 15) is 0 Å². The molecule has 0 aromatic carbocycles. The van der Waals surface area contributed by atoms with E-state index in [2.05, 4.69) is 50.9 Å². The molecule has 7 nitrogen and oxygen atoms in total. The van der Waals surface area contributed by atoms with E-state index in [-0.39, 0.29) is 0 Å². The standard InChI is InChI=1S/C13H21N7/c1-5-10-15-8-9-20(10)13-17-11(14-4)16-12(18-13)19(6-2)7-3/h8-9H,5-7H2,1-4H3,(H,14,16,17,18). The van der Waals surface area contributed by atoms with Gasteiger partial charge in [0.1, 0.15) is 5.82 Å². The first-order valence-corrected chi connectivity index (χ1v) is 6.94. The number of hydrogen-bond acceptors (Lipinski definition) is 6. The minimum absolute atomic E-state index is 0.563. The first-order valence-electron chi connectivity index (χ1n) is 6.94. The number of hydrogen-bond donors (Lipinski definition) is 1. The van der Waals surface area contributed by atoms with Crippen molar-refractivity contribution >= 4 is 11.9 Å². The van der Waals surface area contributed by atoms with Gasteiger partial charge < -0.3 is 10.2 Å². The molecule has 0 spiro atoms. The highest BCUT2D eigenvalue weighted by molar-refractivity contribution is 5.40. The number of aryl methyl sites for hydroxylation is 1. The Hall–Kier alpha value is -2.18. The highest BCUT2D eigenvalue weighted by atomic mass is 15.3. The predicted octanol–water partition coefficient (Wildman–Crippen LogP) is 1.51. The molecule has 2 rings (SSSR count). The zero-order chi connectivity index (χ0) is 14.5. The van der Waals surface area contributed by atoms with Gasteiger partial charge in [0.15, 0.2) is 0 Å². The Bertz CT molecular complexity index is 560. The van der Waals surface area contributed by atoms with Crippen molar-refractivity contribution < 1.29 is 0 Å². The van der Waals surface area contributed by atoms with Crippen LogP contribution in [0.15, 0.2) is 12.4 Å². The van der Waals surface area contributed by atoms with E-state index in [1.807, 2.05) is 10.8 Å². The topological polar surface area (TPSA) is 71.8 Å². The first-order chi connectivity index (χ1) is 9.73. The number of nitrogens with zero attached hydrogens (tertiary/aromatic N) is 6. The summed E-state index contributed by atoms with van der Waals surface area (Å²) in [7, 11) is 1.81. The summed E-state index contributed by atoms with van der Waals surface area (Å²) in [6, 6.07) is 0. The highest BCUT2D eigenvalue weighted by Crippen LogP contribution is 2.14. The molecule has 7 heteroatoms. The number of imidazole rings is 1. The van der Waals surface area contributed by atoms with Gasteiger partial charge in [0, 0.05) is 39.0 Å². The van der Waals surface area contributed by atoms with Crippen LogP contribution in [-0.2, 0) is 6.42 Å². The Kier molecular flexibility index (Phi) is 4.49. The number of nitrogens with one attached hydrogen (secondary N) is 1. The Morgan fingerprint density at radius 3 is 2.50 bits per heavy atom. The zero-order valence-electron chi connectivity index (χ0n) is 12.5. The summed E-state index contributed by atoms with van der Waals surface area (Å²) < 4.78 is 1.90. The predicted molar refractivity (Wildman–Crippen MR) is 79.4 cm³/mol. The average molecular weight is 275 g/mol. The van der Waals surface area contributed by atoms with E-state index in [0.717, 1.165) is 25.3 Å². The van der Waals surface area contributed by atoms with Crippen LogP contribution in [0.4, 0.5) is 11.9 Å². The molecule has 0 bridgehead atoms. The van der Waals surface area contributed by atoms with Crippen molar-refractivity contribution in [1.29, 1.82) is 0 Å². The van der Waals surface area contributed by atoms with Gasteiger partial charge in [0.25, 0.3) is 0 Å². The minimum atomic E-state index is 0.563. The van der Waals surface area contributed by atoms with Gasteiger partial charge in [-0.05, 0) is 13.8 Å². The fourth-order valence-electron chi connectivity index (χ4n) is 2.00. The van der Waals surface area contributed by atoms with Gasteiger partial charge in [-0.25, -0.2) is 4.98 Å². The van der Waals surface area contributed by atoms with E-state index in [1.54, 1.807) is 13.2 Å². The van der Waals surface area contributed by atoms with Crippen molar-refractivity contribution in [2.45, 2.75) is 27.2 Å². The molecule has 0 amide bonds. The van der Waals surface area contributed by atoms with Crippen LogP contribution in [-0.4, -0.2) is 44.6 Å². The second-order valence-electron chi connectivity index (χ2n) is 4.25. The molecule has 1 N–H and O–H groups in total. The largest absolute Gasteiger partial charge is 0.357 e. The monoisotopic (exact) mass is 275 g/mol. The van der Waals surface area contributed by atoms with Gasteiger partial charge in [-0.2, -0.15) is 15.0 Å². The Balaban J connectivity index is 2.50. The smallest absolute Gasteiger partial charge is 0.241 e. The molecule has 2 aromatic heterocycles. The molecule has 0 aliphatic carbocycles. The Morgan fingerprint density at radius 1 is 1.15 bits per heavy atom. The van der Waals surface area contributed by atoms with E-state index in [4.69, 9.17) is 0 Å². The highest BCUT2D eigenvalue weighted by Gasteiger charge is 2.13. The minimum Gasteiger partial charge on any atom is -0.357 e. The van der Waals surface area contributed by atoms with E-state index < -0.39 is 0 Å². The molecule has 0 saturated carbocycles. The number of rotatable bonds is 6. The summed E-state index contributed by atoms with van der Waals surface area (Å²) in [6.07, 6.45) is 4.46. The summed E-state index contributed by atoms with van der Waals surface area (Å²) in [5.41, 5.74) is 0. The molecule has 2 heterocycles. The van der Waals surface area contributed by atoms with Gasteiger partial charge in [-0.1, -0.05) is 6.92 Å². The maximum absolute atomic E-state index is 4.56. The molecule has 0 unspecified atom stereocenters. The Labute approximate surface area is 119 Å². The van der Waals surface area contributed by atoms with Crippen molar-refractivity contribution in [2.75, 3.05) is 30.4 Å². The van der Waals surface area contributed by atoms with Gasteiger partial charge in [0.2, 0.25) is 17.8 Å². The molecule has 0 atom stereocenters. The summed E-state index contributed by atoms with van der Waals surface area (Å²) >= 11 is 0. The first kappa shape index (κ1) is 14.2. The second kappa shape index (κ2) is 6.31. The summed E-state index contributed by atoms with van der Waals surface area (Å²) in [6.45, 7) is 7.94. The van der Waals surface area contributed by atoms with Gasteiger partial charge >= 0.3 is 0 Å². The lowest BCUT2D eigenvalue weighted by Gasteiger charge is -2.19. The Morgan fingerprint density at radius 2 is 1.90 bits per heavy atom.